The van der Waals surface area contributed by atoms with E-state index in [4.69, 9.17) is 0 Å². The summed E-state index contributed by atoms with van der Waals surface area (Å²) in [6, 6.07) is 7.69. The van der Waals surface area contributed by atoms with Gasteiger partial charge in [-0.15, -0.1) is 0 Å². The smallest absolute Gasteiger partial charge is 0.246 e. The molecule has 3 aromatic rings. The van der Waals surface area contributed by atoms with Gasteiger partial charge in [0, 0.05) is 32.6 Å². The third kappa shape index (κ3) is 5.61. The average molecular weight is 544 g/mol. The first-order valence-electron chi connectivity index (χ1n) is 11.7. The molecule has 200 valence electrons. The number of rotatable bonds is 8. The van der Waals surface area contributed by atoms with Gasteiger partial charge in [0.2, 0.25) is 21.8 Å². The van der Waals surface area contributed by atoms with Crippen molar-refractivity contribution in [2.24, 2.45) is 11.8 Å². The van der Waals surface area contributed by atoms with Crippen molar-refractivity contribution < 1.29 is 30.4 Å². The van der Waals surface area contributed by atoms with Gasteiger partial charge in [-0.05, 0) is 49.7 Å². The molecule has 1 saturated carbocycles. The normalized spacial score (nSPS) is 18.2. The summed E-state index contributed by atoms with van der Waals surface area (Å²) in [5, 5.41) is 4.21. The van der Waals surface area contributed by atoms with Gasteiger partial charge in [0.1, 0.15) is 5.82 Å². The predicted molar refractivity (Wildman–Crippen MR) is 129 cm³/mol. The highest BCUT2D eigenvalue weighted by Crippen LogP contribution is 2.31. The summed E-state index contributed by atoms with van der Waals surface area (Å²) < 4.78 is 94.7. The van der Waals surface area contributed by atoms with Crippen LogP contribution in [0.15, 0.2) is 29.2 Å². The summed E-state index contributed by atoms with van der Waals surface area (Å²) in [7, 11) is -1.15. The number of benzene rings is 2. The zero-order valence-corrected chi connectivity index (χ0v) is 21.0. The second kappa shape index (κ2) is 10.7. The monoisotopic (exact) mass is 543 g/mol. The van der Waals surface area contributed by atoms with Crippen LogP contribution in [-0.4, -0.2) is 45.6 Å². The topological polar surface area (TPSA) is 87.2 Å². The van der Waals surface area contributed by atoms with E-state index in [1.165, 1.54) is 0 Å². The Morgan fingerprint density at radius 2 is 1.38 bits per heavy atom. The standard InChI is InChI=1S/C24H26F5N5O2S/c1-34(2)23-15-5-3-4-6-16(15)32-24(33-23)30-11-13-7-9-14(10-8-13)12-31-37(35,36)22-20(28)18(26)17(25)19(27)21(22)29/h3-6,13-14,31H,7-12H2,1-2H3,(H,30,32,33)/t13-,14-. The van der Waals surface area contributed by atoms with Gasteiger partial charge in [-0.2, -0.15) is 4.98 Å². The van der Waals surface area contributed by atoms with E-state index >= 15 is 0 Å². The molecule has 0 bridgehead atoms. The van der Waals surface area contributed by atoms with Crippen molar-refractivity contribution in [1.29, 1.82) is 0 Å². The van der Waals surface area contributed by atoms with Gasteiger partial charge in [0.25, 0.3) is 0 Å². The molecule has 0 atom stereocenters. The molecule has 37 heavy (non-hydrogen) atoms. The molecule has 4 rings (SSSR count). The van der Waals surface area contributed by atoms with E-state index in [0.29, 0.717) is 25.3 Å². The molecule has 1 aliphatic carbocycles. The molecule has 0 aliphatic heterocycles. The first-order chi connectivity index (χ1) is 17.5. The second-order valence-electron chi connectivity index (χ2n) is 9.30. The number of nitrogens with one attached hydrogen (secondary N) is 2. The number of hydrogen-bond donors (Lipinski definition) is 2. The molecular formula is C24H26F5N5O2S. The lowest BCUT2D eigenvalue weighted by Gasteiger charge is -2.29. The molecular weight excluding hydrogens is 517 g/mol. The van der Waals surface area contributed by atoms with Crippen LogP contribution in [0.1, 0.15) is 25.7 Å². The quantitative estimate of drug-likeness (QED) is 0.246. The number of nitrogens with zero attached hydrogens (tertiary/aromatic N) is 3. The minimum Gasteiger partial charge on any atom is -0.362 e. The van der Waals surface area contributed by atoms with Gasteiger partial charge in [-0.25, -0.2) is 40.1 Å². The molecule has 13 heteroatoms. The van der Waals surface area contributed by atoms with Crippen LogP contribution in [0.3, 0.4) is 0 Å². The number of fused-ring (bicyclic) bond motifs is 1. The van der Waals surface area contributed by atoms with E-state index in [1.54, 1.807) is 0 Å². The van der Waals surface area contributed by atoms with Gasteiger partial charge in [-0.3, -0.25) is 0 Å². The largest absolute Gasteiger partial charge is 0.362 e. The Morgan fingerprint density at radius 1 is 0.838 bits per heavy atom. The van der Waals surface area contributed by atoms with Crippen LogP contribution in [0.2, 0.25) is 0 Å². The maximum absolute atomic E-state index is 13.9. The Balaban J connectivity index is 1.33. The number of sulfonamides is 1. The molecule has 7 nitrogen and oxygen atoms in total. The number of anilines is 2. The fourth-order valence-electron chi connectivity index (χ4n) is 4.48. The van der Waals surface area contributed by atoms with Crippen molar-refractivity contribution in [2.75, 3.05) is 37.4 Å². The second-order valence-corrected chi connectivity index (χ2v) is 11.0. The number of hydrogen-bond acceptors (Lipinski definition) is 6. The van der Waals surface area contributed by atoms with Crippen molar-refractivity contribution in [3.63, 3.8) is 0 Å². The molecule has 0 spiro atoms. The third-order valence-corrected chi connectivity index (χ3v) is 7.96. The molecule has 1 aliphatic rings. The minimum absolute atomic E-state index is 0.149. The SMILES string of the molecule is CN(C)c1nc(NC[C@H]2CC[C@H](CNS(=O)(=O)c3c(F)c(F)c(F)c(F)c3F)CC2)nc2ccccc12. The van der Waals surface area contributed by atoms with Crippen LogP contribution in [0.25, 0.3) is 10.9 Å². The molecule has 0 unspecified atom stereocenters. The van der Waals surface area contributed by atoms with E-state index in [1.807, 2.05) is 48.0 Å². The Kier molecular flexibility index (Phi) is 7.83. The van der Waals surface area contributed by atoms with Gasteiger partial charge in [-0.1, -0.05) is 12.1 Å². The van der Waals surface area contributed by atoms with E-state index < -0.39 is 44.0 Å². The van der Waals surface area contributed by atoms with Crippen molar-refractivity contribution in [2.45, 2.75) is 30.6 Å². The molecule has 1 heterocycles. The highest BCUT2D eigenvalue weighted by atomic mass is 32.2. The highest BCUT2D eigenvalue weighted by molar-refractivity contribution is 7.89. The molecule has 1 fully saturated rings. The first kappa shape index (κ1) is 27.0. The maximum atomic E-state index is 13.9. The van der Waals surface area contributed by atoms with Crippen molar-refractivity contribution >= 4 is 32.7 Å². The summed E-state index contributed by atoms with van der Waals surface area (Å²) in [5.41, 5.74) is 0.813. The molecule has 0 amide bonds. The Bertz CT molecular complexity index is 1380. The van der Waals surface area contributed by atoms with Crippen LogP contribution in [0.4, 0.5) is 33.7 Å². The highest BCUT2D eigenvalue weighted by Gasteiger charge is 2.34. The molecule has 0 radical (unpaired) electrons. The molecule has 2 aromatic carbocycles. The summed E-state index contributed by atoms with van der Waals surface area (Å²) in [6.07, 6.45) is 2.73. The fraction of sp³-hybridized carbons (Fsp3) is 0.417. The number of halogens is 5. The summed E-state index contributed by atoms with van der Waals surface area (Å²) in [5.74, 6) is -10.4. The third-order valence-electron chi connectivity index (χ3n) is 6.52. The minimum atomic E-state index is -4.95. The van der Waals surface area contributed by atoms with Gasteiger partial charge >= 0.3 is 0 Å². The van der Waals surface area contributed by atoms with Gasteiger partial charge in [0.05, 0.1) is 5.52 Å². The Morgan fingerprint density at radius 3 is 1.97 bits per heavy atom. The zero-order chi connectivity index (χ0) is 26.9. The zero-order valence-electron chi connectivity index (χ0n) is 20.2. The van der Waals surface area contributed by atoms with Crippen molar-refractivity contribution in [1.82, 2.24) is 14.7 Å². The van der Waals surface area contributed by atoms with E-state index in [9.17, 15) is 30.4 Å². The van der Waals surface area contributed by atoms with Crippen LogP contribution in [-0.2, 0) is 10.0 Å². The molecule has 0 saturated heterocycles. The maximum Gasteiger partial charge on any atom is 0.246 e. The summed E-state index contributed by atoms with van der Waals surface area (Å²) >= 11 is 0. The average Bonchev–Trinajstić information content (AvgIpc) is 2.88. The van der Waals surface area contributed by atoms with Gasteiger partial charge < -0.3 is 10.2 Å². The molecule has 2 N–H and O–H groups in total. The van der Waals surface area contributed by atoms with Crippen LogP contribution < -0.4 is 14.9 Å². The van der Waals surface area contributed by atoms with Gasteiger partial charge in [0.15, 0.2) is 28.2 Å². The van der Waals surface area contributed by atoms with E-state index in [0.717, 1.165) is 29.6 Å². The van der Waals surface area contributed by atoms with Crippen molar-refractivity contribution in [3.8, 4) is 0 Å². The van der Waals surface area contributed by atoms with Crippen molar-refractivity contribution in [3.05, 3.63) is 53.4 Å². The predicted octanol–water partition coefficient (Wildman–Crippen LogP) is 4.59. The Labute approximate surface area is 211 Å². The first-order valence-corrected chi connectivity index (χ1v) is 13.2. The lowest BCUT2D eigenvalue weighted by Crippen LogP contribution is -2.33. The fourth-order valence-corrected chi connectivity index (χ4v) is 5.73. The Hall–Kier alpha value is -3.06. The van der Waals surface area contributed by atoms with E-state index in [-0.39, 0.29) is 18.4 Å². The summed E-state index contributed by atoms with van der Waals surface area (Å²) in [4.78, 5) is 9.22. The van der Waals surface area contributed by atoms with Crippen LogP contribution in [0, 0.1) is 40.9 Å². The van der Waals surface area contributed by atoms with E-state index in [2.05, 4.69) is 15.3 Å². The number of aromatic nitrogens is 2. The lowest BCUT2D eigenvalue weighted by molar-refractivity contribution is 0.284. The van der Waals surface area contributed by atoms with Crippen LogP contribution in [0.5, 0.6) is 0 Å². The number of para-hydroxylation sites is 1. The van der Waals surface area contributed by atoms with Crippen LogP contribution >= 0.6 is 0 Å². The summed E-state index contributed by atoms with van der Waals surface area (Å²) in [6.45, 7) is 0.427. The lowest BCUT2D eigenvalue weighted by atomic mass is 9.82. The molecule has 1 aromatic heterocycles.